The van der Waals surface area contributed by atoms with Gasteiger partial charge < -0.3 is 10.1 Å². The van der Waals surface area contributed by atoms with Crippen LogP contribution in [0.5, 0.6) is 5.75 Å². The van der Waals surface area contributed by atoms with Crippen LogP contribution in [0.4, 0.5) is 5.69 Å². The summed E-state index contributed by atoms with van der Waals surface area (Å²) >= 11 is 5.82. The highest BCUT2D eigenvalue weighted by Gasteiger charge is 2.16. The van der Waals surface area contributed by atoms with E-state index in [0.29, 0.717) is 11.6 Å². The van der Waals surface area contributed by atoms with Gasteiger partial charge in [0.1, 0.15) is 6.61 Å². The lowest BCUT2D eigenvalue weighted by Crippen LogP contribution is -2.37. The molecule has 0 atom stereocenters. The minimum absolute atomic E-state index is 0.0228. The molecule has 5 nitrogen and oxygen atoms in total. The summed E-state index contributed by atoms with van der Waals surface area (Å²) in [5.41, 5.74) is 0.672. The molecule has 0 bridgehead atoms. The van der Waals surface area contributed by atoms with Crippen LogP contribution >= 0.6 is 11.6 Å². The largest absolute Gasteiger partial charge is 0.482 e. The number of halogens is 1. The third-order valence-corrected chi connectivity index (χ3v) is 2.65. The Morgan fingerprint density at radius 3 is 2.70 bits per heavy atom. The van der Waals surface area contributed by atoms with Crippen molar-refractivity contribution >= 4 is 17.3 Å². The summed E-state index contributed by atoms with van der Waals surface area (Å²) in [6.07, 6.45) is 0. The van der Waals surface area contributed by atoms with Crippen LogP contribution in [0.1, 0.15) is 20.8 Å². The molecule has 1 rings (SSSR count). The Kier molecular flexibility index (Phi) is 5.53. The van der Waals surface area contributed by atoms with Gasteiger partial charge in [0.2, 0.25) is 0 Å². The van der Waals surface area contributed by atoms with Crippen LogP contribution in [0, 0.1) is 10.1 Å². The fourth-order valence-electron chi connectivity index (χ4n) is 1.38. The second-order valence-electron chi connectivity index (χ2n) is 5.51. The molecule has 0 unspecified atom stereocenters. The number of hydrogen-bond acceptors (Lipinski definition) is 4. The average molecular weight is 299 g/mol. The molecule has 0 spiro atoms. The Balaban J connectivity index is 2.63. The lowest BCUT2D eigenvalue weighted by atomic mass is 10.1. The standard InChI is InChI=1S/C14H19ClN2O3/c1-10(8-16-14(2,3)4)9-20-13-7-11(15)5-6-12(13)17(18)19/h5-7,16H,1,8-9H2,2-4H3. The molecule has 1 aromatic rings. The number of hydrogen-bond donors (Lipinski definition) is 1. The van der Waals surface area contributed by atoms with Crippen molar-refractivity contribution < 1.29 is 9.66 Å². The van der Waals surface area contributed by atoms with Crippen molar-refractivity contribution in [2.24, 2.45) is 0 Å². The first kappa shape index (κ1) is 16.5. The van der Waals surface area contributed by atoms with E-state index in [1.54, 1.807) is 0 Å². The van der Waals surface area contributed by atoms with E-state index < -0.39 is 4.92 Å². The molecule has 0 aliphatic heterocycles. The first-order valence-electron chi connectivity index (χ1n) is 6.17. The molecule has 6 heteroatoms. The zero-order chi connectivity index (χ0) is 15.3. The number of benzene rings is 1. The normalized spacial score (nSPS) is 11.2. The molecular formula is C14H19ClN2O3. The zero-order valence-corrected chi connectivity index (χ0v) is 12.7. The van der Waals surface area contributed by atoms with Gasteiger partial charge in [0, 0.05) is 29.2 Å². The molecule has 0 aliphatic rings. The van der Waals surface area contributed by atoms with Crippen molar-refractivity contribution in [3.8, 4) is 5.75 Å². The Hall–Kier alpha value is -1.59. The first-order valence-corrected chi connectivity index (χ1v) is 6.55. The van der Waals surface area contributed by atoms with E-state index in [1.807, 2.05) is 20.8 Å². The van der Waals surface area contributed by atoms with Gasteiger partial charge in [-0.05, 0) is 32.4 Å². The van der Waals surface area contributed by atoms with Gasteiger partial charge in [-0.25, -0.2) is 0 Å². The lowest BCUT2D eigenvalue weighted by Gasteiger charge is -2.21. The molecule has 0 heterocycles. The zero-order valence-electron chi connectivity index (χ0n) is 11.9. The topological polar surface area (TPSA) is 64.4 Å². The first-order chi connectivity index (χ1) is 9.19. The van der Waals surface area contributed by atoms with Gasteiger partial charge in [-0.2, -0.15) is 0 Å². The van der Waals surface area contributed by atoms with Crippen LogP contribution in [0.2, 0.25) is 5.02 Å². The van der Waals surface area contributed by atoms with Crippen molar-refractivity contribution in [2.45, 2.75) is 26.3 Å². The van der Waals surface area contributed by atoms with Gasteiger partial charge in [0.25, 0.3) is 0 Å². The fraction of sp³-hybridized carbons (Fsp3) is 0.429. The van der Waals surface area contributed by atoms with E-state index in [0.717, 1.165) is 5.57 Å². The highest BCUT2D eigenvalue weighted by molar-refractivity contribution is 6.30. The Morgan fingerprint density at radius 1 is 1.50 bits per heavy atom. The molecule has 0 radical (unpaired) electrons. The molecule has 110 valence electrons. The Bertz CT molecular complexity index is 510. The minimum atomic E-state index is -0.498. The SMILES string of the molecule is C=C(CNC(C)(C)C)COc1cc(Cl)ccc1[N+](=O)[O-]. The summed E-state index contributed by atoms with van der Waals surface area (Å²) in [4.78, 5) is 10.4. The quantitative estimate of drug-likeness (QED) is 0.495. The Labute approximate surface area is 123 Å². The fourth-order valence-corrected chi connectivity index (χ4v) is 1.54. The van der Waals surface area contributed by atoms with Gasteiger partial charge in [-0.3, -0.25) is 10.1 Å². The maximum atomic E-state index is 10.9. The summed E-state index contributed by atoms with van der Waals surface area (Å²) < 4.78 is 5.44. The van der Waals surface area contributed by atoms with Crippen LogP contribution in [-0.2, 0) is 0 Å². The summed E-state index contributed by atoms with van der Waals surface area (Å²) in [5, 5.41) is 14.5. The Morgan fingerprint density at radius 2 is 2.15 bits per heavy atom. The van der Waals surface area contributed by atoms with Gasteiger partial charge in [0.15, 0.2) is 5.75 Å². The van der Waals surface area contributed by atoms with E-state index in [2.05, 4.69) is 11.9 Å². The molecule has 1 N–H and O–H groups in total. The highest BCUT2D eigenvalue weighted by Crippen LogP contribution is 2.30. The number of nitrogens with one attached hydrogen (secondary N) is 1. The molecule has 0 aliphatic carbocycles. The van der Waals surface area contributed by atoms with Crippen LogP contribution in [0.25, 0.3) is 0 Å². The molecule has 0 aromatic heterocycles. The third kappa shape index (κ3) is 5.59. The van der Waals surface area contributed by atoms with Gasteiger partial charge in [-0.15, -0.1) is 0 Å². The summed E-state index contributed by atoms with van der Waals surface area (Å²) in [5.74, 6) is 0.152. The maximum absolute atomic E-state index is 10.9. The van der Waals surface area contributed by atoms with Gasteiger partial charge in [-0.1, -0.05) is 18.2 Å². The summed E-state index contributed by atoms with van der Waals surface area (Å²) in [7, 11) is 0. The molecular weight excluding hydrogens is 280 g/mol. The maximum Gasteiger partial charge on any atom is 0.311 e. The second-order valence-corrected chi connectivity index (χ2v) is 5.95. The molecule has 0 fully saturated rings. The van der Waals surface area contributed by atoms with Crippen molar-refractivity contribution in [1.82, 2.24) is 5.32 Å². The number of nitrogens with zero attached hydrogens (tertiary/aromatic N) is 1. The van der Waals surface area contributed by atoms with Gasteiger partial charge >= 0.3 is 5.69 Å². The van der Waals surface area contributed by atoms with E-state index in [9.17, 15) is 10.1 Å². The second kappa shape index (κ2) is 6.72. The summed E-state index contributed by atoms with van der Waals surface area (Å²) in [6.45, 7) is 10.8. The monoisotopic (exact) mass is 298 g/mol. The number of ether oxygens (including phenoxy) is 1. The van der Waals surface area contributed by atoms with Crippen LogP contribution in [0.3, 0.4) is 0 Å². The molecule has 20 heavy (non-hydrogen) atoms. The summed E-state index contributed by atoms with van der Waals surface area (Å²) in [6, 6.07) is 4.22. The van der Waals surface area contributed by atoms with E-state index in [4.69, 9.17) is 16.3 Å². The molecule has 0 saturated heterocycles. The molecule has 0 saturated carbocycles. The van der Waals surface area contributed by atoms with Crippen LogP contribution < -0.4 is 10.1 Å². The van der Waals surface area contributed by atoms with Gasteiger partial charge in [0.05, 0.1) is 4.92 Å². The van der Waals surface area contributed by atoms with Crippen molar-refractivity contribution in [2.75, 3.05) is 13.2 Å². The number of nitro benzene ring substituents is 1. The lowest BCUT2D eigenvalue weighted by molar-refractivity contribution is -0.385. The van der Waals surface area contributed by atoms with E-state index in [1.165, 1.54) is 18.2 Å². The molecule has 0 amide bonds. The van der Waals surface area contributed by atoms with Crippen molar-refractivity contribution in [3.05, 3.63) is 45.5 Å². The predicted octanol–water partition coefficient (Wildman–Crippen LogP) is 3.57. The van der Waals surface area contributed by atoms with Crippen LogP contribution in [0.15, 0.2) is 30.4 Å². The van der Waals surface area contributed by atoms with Crippen LogP contribution in [-0.4, -0.2) is 23.6 Å². The highest BCUT2D eigenvalue weighted by atomic mass is 35.5. The van der Waals surface area contributed by atoms with E-state index >= 15 is 0 Å². The van der Waals surface area contributed by atoms with E-state index in [-0.39, 0.29) is 23.6 Å². The third-order valence-electron chi connectivity index (χ3n) is 2.42. The van der Waals surface area contributed by atoms with Crippen molar-refractivity contribution in [3.63, 3.8) is 0 Å². The smallest absolute Gasteiger partial charge is 0.311 e. The average Bonchev–Trinajstić information content (AvgIpc) is 2.32. The number of nitro groups is 1. The number of rotatable bonds is 6. The molecule has 1 aromatic carbocycles. The minimum Gasteiger partial charge on any atom is -0.482 e. The van der Waals surface area contributed by atoms with Crippen molar-refractivity contribution in [1.29, 1.82) is 0 Å². The predicted molar refractivity (Wildman–Crippen MR) is 80.5 cm³/mol.